The number of benzene rings is 1. The molecule has 0 saturated heterocycles. The van der Waals surface area contributed by atoms with Crippen LogP contribution in [0.4, 0.5) is 10.6 Å². The van der Waals surface area contributed by atoms with Gasteiger partial charge in [0.05, 0.1) is 13.2 Å². The van der Waals surface area contributed by atoms with Crippen molar-refractivity contribution in [1.82, 2.24) is 10.5 Å². The topological polar surface area (TPSA) is 85.6 Å². The lowest BCUT2D eigenvalue weighted by atomic mass is 10.0. The summed E-state index contributed by atoms with van der Waals surface area (Å²) in [5.41, 5.74) is 1.04. The summed E-state index contributed by atoms with van der Waals surface area (Å²) in [6.07, 6.45) is 0.697. The first-order valence-electron chi connectivity index (χ1n) is 7.89. The highest BCUT2D eigenvalue weighted by Gasteiger charge is 2.22. The van der Waals surface area contributed by atoms with Crippen LogP contribution >= 0.6 is 0 Å². The molecule has 1 aromatic heterocycles. The number of carbonyl (C=O) groups excluding carboxylic acids is 1. The van der Waals surface area contributed by atoms with Gasteiger partial charge in [-0.3, -0.25) is 5.32 Å². The predicted octanol–water partition coefficient (Wildman–Crippen LogP) is 2.93. The number of rotatable bonds is 4. The van der Waals surface area contributed by atoms with Crippen LogP contribution in [-0.4, -0.2) is 30.9 Å². The lowest BCUT2D eigenvalue weighted by molar-refractivity contribution is 0.222. The number of anilines is 1. The number of aromatic nitrogens is 1. The highest BCUT2D eigenvalue weighted by Crippen LogP contribution is 2.29. The Kier molecular flexibility index (Phi) is 4.59. The number of hydrogen-bond acceptors (Lipinski definition) is 5. The van der Waals surface area contributed by atoms with E-state index in [9.17, 15) is 4.79 Å². The molecule has 2 aromatic rings. The average molecular weight is 331 g/mol. The van der Waals surface area contributed by atoms with Gasteiger partial charge in [-0.25, -0.2) is 4.79 Å². The van der Waals surface area contributed by atoms with Crippen molar-refractivity contribution < 1.29 is 18.8 Å². The Morgan fingerprint density at radius 1 is 1.38 bits per heavy atom. The number of fused-ring (bicyclic) bond motifs is 1. The van der Waals surface area contributed by atoms with Gasteiger partial charge in [0.2, 0.25) is 0 Å². The summed E-state index contributed by atoms with van der Waals surface area (Å²) < 4.78 is 16.0. The summed E-state index contributed by atoms with van der Waals surface area (Å²) in [4.78, 5) is 12.1. The van der Waals surface area contributed by atoms with Gasteiger partial charge in [0.25, 0.3) is 0 Å². The zero-order chi connectivity index (χ0) is 17.1. The second-order valence-electron chi connectivity index (χ2n) is 6.05. The van der Waals surface area contributed by atoms with Crippen LogP contribution in [0.2, 0.25) is 0 Å². The molecule has 7 nitrogen and oxygen atoms in total. The molecule has 1 aromatic carbocycles. The van der Waals surface area contributed by atoms with Gasteiger partial charge in [-0.15, -0.1) is 0 Å². The highest BCUT2D eigenvalue weighted by molar-refractivity contribution is 5.88. The van der Waals surface area contributed by atoms with Crippen LogP contribution in [0, 0.1) is 0 Å². The second-order valence-corrected chi connectivity index (χ2v) is 6.05. The fraction of sp³-hybridized carbons (Fsp3) is 0.412. The van der Waals surface area contributed by atoms with Crippen molar-refractivity contribution >= 4 is 11.8 Å². The molecule has 0 aliphatic carbocycles. The summed E-state index contributed by atoms with van der Waals surface area (Å²) in [7, 11) is 1.62. The third-order valence-electron chi connectivity index (χ3n) is 3.85. The fourth-order valence-electron chi connectivity index (χ4n) is 2.53. The van der Waals surface area contributed by atoms with Crippen molar-refractivity contribution in [1.29, 1.82) is 0 Å². The predicted molar refractivity (Wildman–Crippen MR) is 88.7 cm³/mol. The zero-order valence-electron chi connectivity index (χ0n) is 14.0. The smallest absolute Gasteiger partial charge is 0.320 e. The van der Waals surface area contributed by atoms with Gasteiger partial charge in [-0.1, -0.05) is 25.1 Å². The molecule has 128 valence electrons. The zero-order valence-corrected chi connectivity index (χ0v) is 14.0. The summed E-state index contributed by atoms with van der Waals surface area (Å²) >= 11 is 0. The molecular formula is C17H21N3O4. The Hall–Kier alpha value is -2.70. The Balaban J connectivity index is 1.57. The van der Waals surface area contributed by atoms with Crippen LogP contribution in [0.1, 0.15) is 31.1 Å². The van der Waals surface area contributed by atoms with E-state index in [1.807, 2.05) is 32.0 Å². The molecule has 2 heterocycles. The number of methoxy groups -OCH3 is 1. The maximum atomic E-state index is 12.1. The number of nitrogens with one attached hydrogen (secondary N) is 2. The van der Waals surface area contributed by atoms with Gasteiger partial charge in [0.1, 0.15) is 23.9 Å². The Morgan fingerprint density at radius 3 is 2.92 bits per heavy atom. The minimum atomic E-state index is -0.329. The highest BCUT2D eigenvalue weighted by atomic mass is 16.5. The number of carbonyl (C=O) groups is 1. The first kappa shape index (κ1) is 16.2. The van der Waals surface area contributed by atoms with Crippen molar-refractivity contribution in [2.24, 2.45) is 0 Å². The van der Waals surface area contributed by atoms with Crippen LogP contribution in [0.5, 0.6) is 11.5 Å². The number of amides is 2. The van der Waals surface area contributed by atoms with E-state index in [-0.39, 0.29) is 18.0 Å². The van der Waals surface area contributed by atoms with Crippen LogP contribution in [0.3, 0.4) is 0 Å². The molecule has 2 amide bonds. The van der Waals surface area contributed by atoms with Crippen LogP contribution < -0.4 is 20.1 Å². The third-order valence-corrected chi connectivity index (χ3v) is 3.85. The number of nitrogens with zero attached hydrogens (tertiary/aromatic N) is 1. The van der Waals surface area contributed by atoms with Crippen molar-refractivity contribution in [2.75, 3.05) is 19.0 Å². The maximum absolute atomic E-state index is 12.1. The lowest BCUT2D eigenvalue weighted by Gasteiger charge is -2.26. The van der Waals surface area contributed by atoms with E-state index in [1.54, 1.807) is 13.2 Å². The van der Waals surface area contributed by atoms with E-state index in [0.29, 0.717) is 18.8 Å². The Bertz CT molecular complexity index is 726. The molecule has 0 saturated carbocycles. The van der Waals surface area contributed by atoms with E-state index in [0.717, 1.165) is 22.8 Å². The van der Waals surface area contributed by atoms with E-state index >= 15 is 0 Å². The molecule has 24 heavy (non-hydrogen) atoms. The quantitative estimate of drug-likeness (QED) is 0.899. The summed E-state index contributed by atoms with van der Waals surface area (Å²) in [5, 5.41) is 9.40. The van der Waals surface area contributed by atoms with Crippen molar-refractivity contribution in [2.45, 2.75) is 32.2 Å². The minimum Gasteiger partial charge on any atom is -0.497 e. The molecule has 0 radical (unpaired) electrons. The Morgan fingerprint density at radius 2 is 2.21 bits per heavy atom. The van der Waals surface area contributed by atoms with Gasteiger partial charge in [-0.05, 0) is 18.1 Å². The summed E-state index contributed by atoms with van der Waals surface area (Å²) in [6, 6.07) is 6.98. The van der Waals surface area contributed by atoms with E-state index in [1.165, 1.54) is 0 Å². The molecule has 1 aliphatic heterocycles. The molecule has 1 aliphatic rings. The van der Waals surface area contributed by atoms with E-state index in [2.05, 4.69) is 15.8 Å². The number of ether oxygens (including phenoxy) is 2. The summed E-state index contributed by atoms with van der Waals surface area (Å²) in [5.74, 6) is 2.90. The molecule has 3 rings (SSSR count). The molecule has 2 N–H and O–H groups in total. The monoisotopic (exact) mass is 331 g/mol. The van der Waals surface area contributed by atoms with Gasteiger partial charge >= 0.3 is 6.03 Å². The van der Waals surface area contributed by atoms with E-state index < -0.39 is 0 Å². The molecule has 1 atom stereocenters. The molecule has 1 unspecified atom stereocenters. The van der Waals surface area contributed by atoms with Gasteiger partial charge < -0.3 is 19.3 Å². The van der Waals surface area contributed by atoms with Crippen molar-refractivity contribution in [3.63, 3.8) is 0 Å². The second kappa shape index (κ2) is 6.82. The Labute approximate surface area is 140 Å². The summed E-state index contributed by atoms with van der Waals surface area (Å²) in [6.45, 7) is 4.40. The molecule has 0 fully saturated rings. The SMILES string of the molecule is COc1ccc2c(c1)OCC(NC(=O)Nc1cc(C(C)C)on1)C2. The normalized spacial score (nSPS) is 16.2. The van der Waals surface area contributed by atoms with Crippen LogP contribution in [0.25, 0.3) is 0 Å². The minimum absolute atomic E-state index is 0.109. The lowest BCUT2D eigenvalue weighted by Crippen LogP contribution is -2.44. The first-order valence-corrected chi connectivity index (χ1v) is 7.89. The maximum Gasteiger partial charge on any atom is 0.320 e. The van der Waals surface area contributed by atoms with E-state index in [4.69, 9.17) is 14.0 Å². The van der Waals surface area contributed by atoms with Crippen LogP contribution in [0.15, 0.2) is 28.8 Å². The molecule has 0 spiro atoms. The van der Waals surface area contributed by atoms with Crippen molar-refractivity contribution in [3.05, 3.63) is 35.6 Å². The standard InChI is InChI=1S/C17H21N3O4/c1-10(2)14-8-16(20-24-14)19-17(21)18-12-6-11-4-5-13(22-3)7-15(11)23-9-12/h4-5,7-8,10,12H,6,9H2,1-3H3,(H2,18,19,20,21). The molecule has 7 heteroatoms. The number of hydrogen-bond donors (Lipinski definition) is 2. The van der Waals surface area contributed by atoms with Crippen LogP contribution in [-0.2, 0) is 6.42 Å². The van der Waals surface area contributed by atoms with Crippen molar-refractivity contribution in [3.8, 4) is 11.5 Å². The molecular weight excluding hydrogens is 310 g/mol. The first-order chi connectivity index (χ1) is 11.5. The van der Waals surface area contributed by atoms with Gasteiger partial charge in [-0.2, -0.15) is 0 Å². The average Bonchev–Trinajstić information content (AvgIpc) is 3.03. The molecule has 0 bridgehead atoms. The largest absolute Gasteiger partial charge is 0.497 e. The van der Waals surface area contributed by atoms with Gasteiger partial charge in [0, 0.05) is 18.1 Å². The van der Waals surface area contributed by atoms with Gasteiger partial charge in [0.15, 0.2) is 5.82 Å². The fourth-order valence-corrected chi connectivity index (χ4v) is 2.53. The number of urea groups is 1. The third kappa shape index (κ3) is 3.61.